The van der Waals surface area contributed by atoms with Crippen molar-refractivity contribution in [2.24, 2.45) is 0 Å². The summed E-state index contributed by atoms with van der Waals surface area (Å²) in [5.41, 5.74) is 0.692. The molecule has 1 N–H and O–H groups in total. The number of nitrogens with one attached hydrogen (secondary N) is 1. The van der Waals surface area contributed by atoms with Crippen LogP contribution in [0.4, 0.5) is 10.5 Å². The highest BCUT2D eigenvalue weighted by Crippen LogP contribution is 2.31. The third-order valence-corrected chi connectivity index (χ3v) is 3.79. The molecule has 1 aromatic carbocycles. The van der Waals surface area contributed by atoms with Crippen LogP contribution in [-0.2, 0) is 9.47 Å². The van der Waals surface area contributed by atoms with Crippen LogP contribution in [0.5, 0.6) is 0 Å². The Bertz CT molecular complexity index is 734. The molecule has 2 aromatic rings. The van der Waals surface area contributed by atoms with E-state index in [0.29, 0.717) is 27.7 Å². The van der Waals surface area contributed by atoms with Gasteiger partial charge >= 0.3 is 12.1 Å². The molecule has 24 heavy (non-hydrogen) atoms. The SMILES string of the molecule is CCOC(=O)c1cnc(-c2ccccc2NC(=O)OC(C)(C)C)s1. The van der Waals surface area contributed by atoms with Crippen LogP contribution in [0.3, 0.4) is 0 Å². The van der Waals surface area contributed by atoms with E-state index in [1.165, 1.54) is 17.5 Å². The van der Waals surface area contributed by atoms with E-state index in [1.54, 1.807) is 39.8 Å². The van der Waals surface area contributed by atoms with Crippen molar-refractivity contribution < 1.29 is 19.1 Å². The first-order valence-electron chi connectivity index (χ1n) is 7.52. The van der Waals surface area contributed by atoms with Crippen molar-refractivity contribution in [2.45, 2.75) is 33.3 Å². The predicted octanol–water partition coefficient (Wildman–Crippen LogP) is 4.33. The summed E-state index contributed by atoms with van der Waals surface area (Å²) >= 11 is 1.21. The number of thiazole rings is 1. The summed E-state index contributed by atoms with van der Waals surface area (Å²) in [7, 11) is 0. The molecule has 0 saturated carbocycles. The van der Waals surface area contributed by atoms with E-state index < -0.39 is 17.7 Å². The van der Waals surface area contributed by atoms with Crippen LogP contribution in [-0.4, -0.2) is 29.3 Å². The smallest absolute Gasteiger partial charge is 0.412 e. The van der Waals surface area contributed by atoms with E-state index in [1.807, 2.05) is 12.1 Å². The molecule has 0 aliphatic carbocycles. The number of nitrogens with zero attached hydrogens (tertiary/aromatic N) is 1. The lowest BCUT2D eigenvalue weighted by Crippen LogP contribution is -2.27. The van der Waals surface area contributed by atoms with Crippen LogP contribution >= 0.6 is 11.3 Å². The minimum absolute atomic E-state index is 0.308. The summed E-state index contributed by atoms with van der Waals surface area (Å²) in [5, 5.41) is 3.33. The average molecular weight is 348 g/mol. The first kappa shape index (κ1) is 17.9. The van der Waals surface area contributed by atoms with E-state index >= 15 is 0 Å². The minimum Gasteiger partial charge on any atom is -0.462 e. The number of hydrogen-bond donors (Lipinski definition) is 1. The van der Waals surface area contributed by atoms with E-state index in [9.17, 15) is 9.59 Å². The second-order valence-electron chi connectivity index (χ2n) is 5.92. The zero-order valence-electron chi connectivity index (χ0n) is 14.1. The Labute approximate surface area is 144 Å². The Morgan fingerprint density at radius 2 is 1.96 bits per heavy atom. The Kier molecular flexibility index (Phi) is 5.56. The van der Waals surface area contributed by atoms with Crippen molar-refractivity contribution in [1.29, 1.82) is 0 Å². The van der Waals surface area contributed by atoms with Gasteiger partial charge in [0.15, 0.2) is 0 Å². The van der Waals surface area contributed by atoms with Crippen LogP contribution in [0.15, 0.2) is 30.5 Å². The van der Waals surface area contributed by atoms with Crippen molar-refractivity contribution in [3.05, 3.63) is 35.3 Å². The van der Waals surface area contributed by atoms with E-state index in [4.69, 9.17) is 9.47 Å². The third kappa shape index (κ3) is 4.79. The van der Waals surface area contributed by atoms with Crippen molar-refractivity contribution in [3.8, 4) is 10.6 Å². The molecular weight excluding hydrogens is 328 g/mol. The van der Waals surface area contributed by atoms with Crippen LogP contribution < -0.4 is 5.32 Å². The minimum atomic E-state index is -0.586. The molecule has 7 heteroatoms. The highest BCUT2D eigenvalue weighted by Gasteiger charge is 2.19. The quantitative estimate of drug-likeness (QED) is 0.832. The number of esters is 1. The fourth-order valence-electron chi connectivity index (χ4n) is 1.89. The number of carbonyl (C=O) groups excluding carboxylic acids is 2. The van der Waals surface area contributed by atoms with Crippen LogP contribution in [0.25, 0.3) is 10.6 Å². The van der Waals surface area contributed by atoms with E-state index in [2.05, 4.69) is 10.3 Å². The zero-order chi connectivity index (χ0) is 17.7. The molecule has 0 fully saturated rings. The topological polar surface area (TPSA) is 77.5 Å². The fourth-order valence-corrected chi connectivity index (χ4v) is 2.74. The maximum absolute atomic E-state index is 12.0. The number of aromatic nitrogens is 1. The standard InChI is InChI=1S/C17H20N2O4S/c1-5-22-15(20)13-10-18-14(24-13)11-8-6-7-9-12(11)19-16(21)23-17(2,3)4/h6-10H,5H2,1-4H3,(H,19,21). The molecule has 0 saturated heterocycles. The molecule has 0 spiro atoms. The fraction of sp³-hybridized carbons (Fsp3) is 0.353. The molecule has 0 radical (unpaired) electrons. The lowest BCUT2D eigenvalue weighted by Gasteiger charge is -2.20. The molecular formula is C17H20N2O4S. The van der Waals surface area contributed by atoms with Crippen molar-refractivity contribution in [1.82, 2.24) is 4.98 Å². The molecule has 0 atom stereocenters. The van der Waals surface area contributed by atoms with Crippen LogP contribution in [0, 0.1) is 0 Å². The summed E-state index contributed by atoms with van der Waals surface area (Å²) in [5.74, 6) is -0.404. The third-order valence-electron chi connectivity index (χ3n) is 2.78. The number of rotatable bonds is 4. The maximum Gasteiger partial charge on any atom is 0.412 e. The second-order valence-corrected chi connectivity index (χ2v) is 6.95. The van der Waals surface area contributed by atoms with Gasteiger partial charge in [-0.25, -0.2) is 14.6 Å². The van der Waals surface area contributed by atoms with E-state index in [0.717, 1.165) is 0 Å². The van der Waals surface area contributed by atoms with Gasteiger partial charge in [-0.05, 0) is 39.8 Å². The molecule has 1 amide bonds. The largest absolute Gasteiger partial charge is 0.462 e. The number of anilines is 1. The first-order valence-corrected chi connectivity index (χ1v) is 8.34. The normalized spacial score (nSPS) is 11.0. The van der Waals surface area contributed by atoms with Gasteiger partial charge in [0, 0.05) is 5.56 Å². The Morgan fingerprint density at radius 1 is 1.25 bits per heavy atom. The molecule has 2 rings (SSSR count). The zero-order valence-corrected chi connectivity index (χ0v) is 14.9. The van der Waals surface area contributed by atoms with E-state index in [-0.39, 0.29) is 0 Å². The van der Waals surface area contributed by atoms with Crippen molar-refractivity contribution in [2.75, 3.05) is 11.9 Å². The van der Waals surface area contributed by atoms with Gasteiger partial charge in [0.1, 0.15) is 15.5 Å². The monoisotopic (exact) mass is 348 g/mol. The highest BCUT2D eigenvalue weighted by atomic mass is 32.1. The summed E-state index contributed by atoms with van der Waals surface area (Å²) < 4.78 is 10.2. The summed E-state index contributed by atoms with van der Waals surface area (Å²) in [4.78, 5) is 28.4. The number of benzene rings is 1. The van der Waals surface area contributed by atoms with Gasteiger partial charge in [-0.2, -0.15) is 0 Å². The lowest BCUT2D eigenvalue weighted by molar-refractivity contribution is 0.0531. The Morgan fingerprint density at radius 3 is 2.62 bits per heavy atom. The van der Waals surface area contributed by atoms with Crippen molar-refractivity contribution >= 4 is 29.1 Å². The molecule has 0 unspecified atom stereocenters. The second kappa shape index (κ2) is 7.44. The van der Waals surface area contributed by atoms with Crippen molar-refractivity contribution in [3.63, 3.8) is 0 Å². The van der Waals surface area contributed by atoms with Gasteiger partial charge in [-0.15, -0.1) is 11.3 Å². The van der Waals surface area contributed by atoms with Gasteiger partial charge in [0.25, 0.3) is 0 Å². The van der Waals surface area contributed by atoms with Gasteiger partial charge in [0.2, 0.25) is 0 Å². The highest BCUT2D eigenvalue weighted by molar-refractivity contribution is 7.16. The Hall–Kier alpha value is -2.41. The van der Waals surface area contributed by atoms with Crippen LogP contribution in [0.1, 0.15) is 37.4 Å². The summed E-state index contributed by atoms with van der Waals surface area (Å²) in [6.45, 7) is 7.45. The Balaban J connectivity index is 2.23. The molecule has 6 nitrogen and oxygen atoms in total. The molecule has 128 valence electrons. The summed E-state index contributed by atoms with van der Waals surface area (Å²) in [6.07, 6.45) is 0.930. The molecule has 0 bridgehead atoms. The number of amides is 1. The molecule has 1 aromatic heterocycles. The van der Waals surface area contributed by atoms with Gasteiger partial charge in [-0.1, -0.05) is 12.1 Å². The average Bonchev–Trinajstić information content (AvgIpc) is 2.95. The van der Waals surface area contributed by atoms with Crippen LogP contribution in [0.2, 0.25) is 0 Å². The molecule has 0 aliphatic heterocycles. The predicted molar refractivity (Wildman–Crippen MR) is 93.4 cm³/mol. The number of para-hydroxylation sites is 1. The number of hydrogen-bond acceptors (Lipinski definition) is 6. The maximum atomic E-state index is 12.0. The lowest BCUT2D eigenvalue weighted by atomic mass is 10.2. The first-order chi connectivity index (χ1) is 11.3. The molecule has 0 aliphatic rings. The molecule has 1 heterocycles. The van der Waals surface area contributed by atoms with Gasteiger partial charge < -0.3 is 9.47 Å². The summed E-state index contributed by atoms with van der Waals surface area (Å²) in [6, 6.07) is 7.21. The van der Waals surface area contributed by atoms with Gasteiger partial charge in [-0.3, -0.25) is 5.32 Å². The number of ether oxygens (including phenoxy) is 2. The van der Waals surface area contributed by atoms with Gasteiger partial charge in [0.05, 0.1) is 18.5 Å². The number of carbonyl (C=O) groups is 2.